The van der Waals surface area contributed by atoms with E-state index in [4.69, 9.17) is 0 Å². The molecule has 0 aliphatic carbocycles. The summed E-state index contributed by atoms with van der Waals surface area (Å²) in [6.07, 6.45) is 6.56. The molecule has 0 radical (unpaired) electrons. The molecule has 0 atom stereocenters. The number of unbranched alkanes of at least 4 members (excludes halogenated alkanes) is 1. The molecule has 1 aliphatic heterocycles. The third-order valence-corrected chi connectivity index (χ3v) is 7.55. The first kappa shape index (κ1) is 25.8. The molecule has 0 saturated carbocycles. The van der Waals surface area contributed by atoms with Crippen LogP contribution in [0.5, 0.6) is 0 Å². The number of hydrogen-bond acceptors (Lipinski definition) is 2. The van der Waals surface area contributed by atoms with E-state index in [0.29, 0.717) is 31.7 Å². The van der Waals surface area contributed by atoms with E-state index in [9.17, 15) is 14.0 Å². The number of amides is 1. The Morgan fingerprint density at radius 1 is 0.694 bits per heavy atom. The molecule has 1 amide bonds. The Bertz CT molecular complexity index is 1100. The molecule has 0 spiro atoms. The third-order valence-electron chi connectivity index (χ3n) is 7.55. The second-order valence-corrected chi connectivity index (χ2v) is 10.1. The van der Waals surface area contributed by atoms with Crippen LogP contribution in [-0.4, -0.2) is 29.7 Å². The van der Waals surface area contributed by atoms with Crippen molar-refractivity contribution in [3.8, 4) is 0 Å². The minimum absolute atomic E-state index is 0.180. The monoisotopic (exact) mass is 485 g/mol. The fourth-order valence-electron chi connectivity index (χ4n) is 5.31. The zero-order valence-corrected chi connectivity index (χ0v) is 21.0. The Kier molecular flexibility index (Phi) is 9.05. The molecule has 0 aromatic heterocycles. The van der Waals surface area contributed by atoms with Crippen LogP contribution in [0.25, 0.3) is 0 Å². The number of carbonyl (C=O) groups excluding carboxylic acids is 2. The fourth-order valence-corrected chi connectivity index (χ4v) is 5.31. The molecule has 0 unspecified atom stereocenters. The van der Waals surface area contributed by atoms with Gasteiger partial charge in [-0.2, -0.15) is 0 Å². The molecule has 4 heteroatoms. The van der Waals surface area contributed by atoms with E-state index < -0.39 is 5.41 Å². The van der Waals surface area contributed by atoms with Crippen molar-refractivity contribution < 1.29 is 14.0 Å². The van der Waals surface area contributed by atoms with Gasteiger partial charge in [-0.15, -0.1) is 0 Å². The predicted molar refractivity (Wildman–Crippen MR) is 142 cm³/mol. The van der Waals surface area contributed by atoms with Crippen LogP contribution in [0, 0.1) is 11.2 Å². The van der Waals surface area contributed by atoms with Gasteiger partial charge in [0.2, 0.25) is 5.91 Å². The van der Waals surface area contributed by atoms with E-state index in [1.807, 2.05) is 53.4 Å². The van der Waals surface area contributed by atoms with Gasteiger partial charge in [0.15, 0.2) is 0 Å². The summed E-state index contributed by atoms with van der Waals surface area (Å²) in [5.74, 6) is 0.280. The first-order valence-corrected chi connectivity index (χ1v) is 13.2. The van der Waals surface area contributed by atoms with Crippen LogP contribution in [0.2, 0.25) is 0 Å². The van der Waals surface area contributed by atoms with E-state index in [1.54, 1.807) is 0 Å². The molecule has 3 aromatic rings. The van der Waals surface area contributed by atoms with Crippen molar-refractivity contribution in [1.29, 1.82) is 0 Å². The molecule has 4 rings (SSSR count). The van der Waals surface area contributed by atoms with Crippen molar-refractivity contribution in [2.75, 3.05) is 13.1 Å². The van der Waals surface area contributed by atoms with Gasteiger partial charge in [-0.3, -0.25) is 9.59 Å². The molecule has 3 nitrogen and oxygen atoms in total. The Balaban J connectivity index is 1.33. The normalized spacial score (nSPS) is 15.0. The number of ketones is 1. The summed E-state index contributed by atoms with van der Waals surface area (Å²) >= 11 is 0. The van der Waals surface area contributed by atoms with Crippen molar-refractivity contribution in [2.45, 2.75) is 57.8 Å². The quantitative estimate of drug-likeness (QED) is 0.287. The topological polar surface area (TPSA) is 37.4 Å². The highest BCUT2D eigenvalue weighted by Gasteiger charge is 2.41. The Morgan fingerprint density at radius 2 is 1.28 bits per heavy atom. The second kappa shape index (κ2) is 12.6. The molecule has 0 bridgehead atoms. The molecule has 1 aliphatic rings. The number of likely N-dealkylation sites (tertiary alicyclic amines) is 1. The summed E-state index contributed by atoms with van der Waals surface area (Å²) in [7, 11) is 0. The van der Waals surface area contributed by atoms with Gasteiger partial charge in [0.1, 0.15) is 11.6 Å². The largest absolute Gasteiger partial charge is 0.343 e. The van der Waals surface area contributed by atoms with Gasteiger partial charge >= 0.3 is 0 Å². The van der Waals surface area contributed by atoms with E-state index in [-0.39, 0.29) is 11.7 Å². The summed E-state index contributed by atoms with van der Waals surface area (Å²) in [4.78, 5) is 28.5. The molecular formula is C32H36FNO2. The maximum atomic E-state index is 13.6. The fraction of sp³-hybridized carbons (Fsp3) is 0.375. The summed E-state index contributed by atoms with van der Waals surface area (Å²) in [5, 5.41) is 0. The van der Waals surface area contributed by atoms with Gasteiger partial charge in [-0.05, 0) is 73.8 Å². The third kappa shape index (κ3) is 7.13. The molecule has 3 aromatic carbocycles. The minimum atomic E-state index is -0.409. The number of benzene rings is 3. The zero-order valence-electron chi connectivity index (χ0n) is 21.0. The number of hydrogen-bond donors (Lipinski definition) is 0. The van der Waals surface area contributed by atoms with Crippen molar-refractivity contribution in [2.24, 2.45) is 5.41 Å². The predicted octanol–water partition coefficient (Wildman–Crippen LogP) is 6.59. The highest BCUT2D eigenvalue weighted by atomic mass is 19.1. The number of nitrogens with zero attached hydrogens (tertiary/aromatic N) is 1. The standard InChI is InChI=1S/C32H36FNO2/c33-29-18-15-27(16-19-29)11-7-8-14-30(35)32(25-28-12-5-2-6-13-28)21-23-34(24-22-32)31(36)20-17-26-9-3-1-4-10-26/h1-6,9-10,12-13,15-16,18-19H,7-8,11,14,17,20-25H2. The lowest BCUT2D eigenvalue weighted by Crippen LogP contribution is -2.47. The molecule has 1 fully saturated rings. The van der Waals surface area contributed by atoms with Crippen LogP contribution < -0.4 is 0 Å². The SMILES string of the molecule is O=C(CCc1ccccc1)N1CCC(Cc2ccccc2)(C(=O)CCCCc2ccc(F)cc2)CC1. The van der Waals surface area contributed by atoms with Gasteiger partial charge in [0.25, 0.3) is 0 Å². The number of rotatable bonds is 11. The Labute approximate surface area is 214 Å². The lowest BCUT2D eigenvalue weighted by atomic mass is 9.69. The molecule has 1 heterocycles. The number of halogens is 1. The first-order chi connectivity index (χ1) is 17.5. The van der Waals surface area contributed by atoms with Crippen LogP contribution in [0.3, 0.4) is 0 Å². The molecular weight excluding hydrogens is 449 g/mol. The van der Waals surface area contributed by atoms with Crippen LogP contribution in [0.1, 0.15) is 55.2 Å². The van der Waals surface area contributed by atoms with E-state index in [2.05, 4.69) is 24.3 Å². The smallest absolute Gasteiger partial charge is 0.222 e. The lowest BCUT2D eigenvalue weighted by molar-refractivity contribution is -0.139. The van der Waals surface area contributed by atoms with Gasteiger partial charge in [0, 0.05) is 31.3 Å². The second-order valence-electron chi connectivity index (χ2n) is 10.1. The van der Waals surface area contributed by atoms with Gasteiger partial charge in [-0.25, -0.2) is 4.39 Å². The van der Waals surface area contributed by atoms with Crippen LogP contribution >= 0.6 is 0 Å². The van der Waals surface area contributed by atoms with Crippen molar-refractivity contribution in [3.05, 3.63) is 107 Å². The maximum absolute atomic E-state index is 13.6. The summed E-state index contributed by atoms with van der Waals surface area (Å²) < 4.78 is 13.1. The van der Waals surface area contributed by atoms with Gasteiger partial charge < -0.3 is 4.90 Å². The average Bonchev–Trinajstić information content (AvgIpc) is 2.92. The van der Waals surface area contributed by atoms with E-state index in [1.165, 1.54) is 23.3 Å². The van der Waals surface area contributed by atoms with Crippen LogP contribution in [-0.2, 0) is 28.9 Å². The Hall–Kier alpha value is -3.27. The Morgan fingerprint density at radius 3 is 1.92 bits per heavy atom. The zero-order chi connectivity index (χ0) is 25.2. The van der Waals surface area contributed by atoms with E-state index in [0.717, 1.165) is 50.5 Å². The maximum Gasteiger partial charge on any atom is 0.222 e. The van der Waals surface area contributed by atoms with Crippen molar-refractivity contribution in [3.63, 3.8) is 0 Å². The molecule has 1 saturated heterocycles. The summed E-state index contributed by atoms with van der Waals surface area (Å²) in [5.41, 5.74) is 3.05. The molecule has 36 heavy (non-hydrogen) atoms. The van der Waals surface area contributed by atoms with Crippen molar-refractivity contribution >= 4 is 11.7 Å². The van der Waals surface area contributed by atoms with Crippen molar-refractivity contribution in [1.82, 2.24) is 4.90 Å². The highest BCUT2D eigenvalue weighted by Crippen LogP contribution is 2.38. The number of aryl methyl sites for hydroxylation is 2. The molecule has 188 valence electrons. The number of carbonyl (C=O) groups is 2. The molecule has 0 N–H and O–H groups in total. The summed E-state index contributed by atoms with van der Waals surface area (Å²) in [6.45, 7) is 1.28. The average molecular weight is 486 g/mol. The van der Waals surface area contributed by atoms with Gasteiger partial charge in [0.05, 0.1) is 0 Å². The number of Topliss-reactive ketones (excluding diaryl/α,β-unsaturated/α-hetero) is 1. The summed E-state index contributed by atoms with van der Waals surface area (Å²) in [6, 6.07) is 27.0. The van der Waals surface area contributed by atoms with Crippen LogP contribution in [0.15, 0.2) is 84.9 Å². The minimum Gasteiger partial charge on any atom is -0.343 e. The van der Waals surface area contributed by atoms with E-state index >= 15 is 0 Å². The van der Waals surface area contributed by atoms with Gasteiger partial charge in [-0.1, -0.05) is 72.8 Å². The first-order valence-electron chi connectivity index (χ1n) is 13.2. The van der Waals surface area contributed by atoms with Crippen LogP contribution in [0.4, 0.5) is 4.39 Å². The lowest BCUT2D eigenvalue weighted by Gasteiger charge is -2.41. The highest BCUT2D eigenvalue weighted by molar-refractivity contribution is 5.86. The number of piperidine rings is 1.